The van der Waals surface area contributed by atoms with Crippen LogP contribution in [-0.4, -0.2) is 29.7 Å². The van der Waals surface area contributed by atoms with Gasteiger partial charge in [-0.25, -0.2) is 4.79 Å². The molecule has 1 fully saturated rings. The number of hydrogen-bond acceptors (Lipinski definition) is 2. The number of amides is 1. The van der Waals surface area contributed by atoms with Crippen LogP contribution in [0, 0.1) is 0 Å². The van der Waals surface area contributed by atoms with Crippen molar-refractivity contribution in [1.82, 2.24) is 15.2 Å². The summed E-state index contributed by atoms with van der Waals surface area (Å²) in [6.07, 6.45) is 2.66. The van der Waals surface area contributed by atoms with Gasteiger partial charge in [-0.15, -0.1) is 0 Å². The summed E-state index contributed by atoms with van der Waals surface area (Å²) < 4.78 is 1.55. The van der Waals surface area contributed by atoms with Crippen LogP contribution in [0.25, 0.3) is 10.9 Å². The second-order valence-corrected chi connectivity index (χ2v) is 5.49. The molecule has 19 heavy (non-hydrogen) atoms. The van der Waals surface area contributed by atoms with Crippen molar-refractivity contribution in [2.45, 2.75) is 12.5 Å². The zero-order valence-electron chi connectivity index (χ0n) is 10.1. The van der Waals surface area contributed by atoms with Gasteiger partial charge in [0.05, 0.1) is 10.5 Å². The molecule has 1 atom stereocenters. The van der Waals surface area contributed by atoms with Crippen molar-refractivity contribution in [3.8, 4) is 0 Å². The molecule has 0 bridgehead atoms. The fourth-order valence-electron chi connectivity index (χ4n) is 2.36. The molecule has 1 saturated heterocycles. The van der Waals surface area contributed by atoms with E-state index in [1.54, 1.807) is 22.9 Å². The summed E-state index contributed by atoms with van der Waals surface area (Å²) >= 11 is 12.1. The van der Waals surface area contributed by atoms with Crippen LogP contribution < -0.4 is 10.6 Å². The van der Waals surface area contributed by atoms with Gasteiger partial charge in [0.15, 0.2) is 0 Å². The Labute approximate surface area is 120 Å². The largest absolute Gasteiger partial charge is 0.333 e. The number of benzene rings is 1. The molecule has 0 aliphatic carbocycles. The van der Waals surface area contributed by atoms with Crippen molar-refractivity contribution in [3.05, 3.63) is 34.4 Å². The Balaban J connectivity index is 1.93. The lowest BCUT2D eigenvalue weighted by atomic mass is 10.2. The number of hydrogen-bond donors (Lipinski definition) is 2. The van der Waals surface area contributed by atoms with E-state index in [0.717, 1.165) is 30.4 Å². The quantitative estimate of drug-likeness (QED) is 0.850. The second kappa shape index (κ2) is 5.04. The second-order valence-electron chi connectivity index (χ2n) is 4.65. The Hall–Kier alpha value is -1.23. The van der Waals surface area contributed by atoms with Gasteiger partial charge in [-0.3, -0.25) is 4.57 Å². The van der Waals surface area contributed by atoms with Gasteiger partial charge in [0.1, 0.15) is 0 Å². The van der Waals surface area contributed by atoms with Crippen molar-refractivity contribution in [1.29, 1.82) is 0 Å². The highest BCUT2D eigenvalue weighted by atomic mass is 35.5. The number of nitrogens with one attached hydrogen (secondary N) is 2. The lowest BCUT2D eigenvalue weighted by Gasteiger charge is -2.12. The molecule has 6 heteroatoms. The van der Waals surface area contributed by atoms with Crippen molar-refractivity contribution in [3.63, 3.8) is 0 Å². The molecule has 3 rings (SSSR count). The number of rotatable bonds is 1. The number of fused-ring (bicyclic) bond motifs is 1. The molecular weight excluding hydrogens is 285 g/mol. The van der Waals surface area contributed by atoms with E-state index >= 15 is 0 Å². The standard InChI is InChI=1S/C13H13Cl2N3O/c14-8-5-11(15)10-2-4-18(12(10)6-8)13(19)17-9-1-3-16-7-9/h2,4-6,9,16H,1,3,7H2,(H,17,19). The third kappa shape index (κ3) is 2.43. The normalized spacial score (nSPS) is 18.9. The summed E-state index contributed by atoms with van der Waals surface area (Å²) in [4.78, 5) is 12.2. The SMILES string of the molecule is O=C(NC1CCNC1)n1ccc2c(Cl)cc(Cl)cc21. The minimum Gasteiger partial charge on any atom is -0.333 e. The minimum absolute atomic E-state index is 0.151. The summed E-state index contributed by atoms with van der Waals surface area (Å²) in [6, 6.07) is 5.27. The van der Waals surface area contributed by atoms with E-state index in [1.807, 2.05) is 6.07 Å². The minimum atomic E-state index is -0.151. The first kappa shape index (κ1) is 12.8. The molecule has 0 saturated carbocycles. The van der Waals surface area contributed by atoms with Crippen LogP contribution >= 0.6 is 23.2 Å². The van der Waals surface area contributed by atoms with Crippen LogP contribution in [0.1, 0.15) is 6.42 Å². The first-order valence-electron chi connectivity index (χ1n) is 6.13. The van der Waals surface area contributed by atoms with Crippen LogP contribution in [0.15, 0.2) is 24.4 Å². The lowest BCUT2D eigenvalue weighted by Crippen LogP contribution is -2.38. The number of halogens is 2. The van der Waals surface area contributed by atoms with E-state index < -0.39 is 0 Å². The number of aromatic nitrogens is 1. The van der Waals surface area contributed by atoms with E-state index in [2.05, 4.69) is 10.6 Å². The van der Waals surface area contributed by atoms with Gasteiger partial charge in [-0.2, -0.15) is 0 Å². The van der Waals surface area contributed by atoms with E-state index in [0.29, 0.717) is 10.0 Å². The van der Waals surface area contributed by atoms with Crippen LogP contribution in [0.3, 0.4) is 0 Å². The van der Waals surface area contributed by atoms with Crippen LogP contribution in [-0.2, 0) is 0 Å². The Bertz CT molecular complexity index is 632. The first-order valence-corrected chi connectivity index (χ1v) is 6.88. The van der Waals surface area contributed by atoms with Crippen LogP contribution in [0.5, 0.6) is 0 Å². The molecule has 0 spiro atoms. The maximum absolute atomic E-state index is 12.2. The molecule has 2 N–H and O–H groups in total. The van der Waals surface area contributed by atoms with E-state index in [4.69, 9.17) is 23.2 Å². The Kier molecular flexibility index (Phi) is 3.39. The predicted octanol–water partition coefficient (Wildman–Crippen LogP) is 2.87. The zero-order valence-corrected chi connectivity index (χ0v) is 11.6. The fraction of sp³-hybridized carbons (Fsp3) is 0.308. The van der Waals surface area contributed by atoms with Crippen molar-refractivity contribution in [2.24, 2.45) is 0 Å². The van der Waals surface area contributed by atoms with Crippen molar-refractivity contribution >= 4 is 40.1 Å². The molecule has 1 aromatic heterocycles. The molecule has 1 unspecified atom stereocenters. The Morgan fingerprint density at radius 2 is 2.26 bits per heavy atom. The van der Waals surface area contributed by atoms with Gasteiger partial charge in [-0.1, -0.05) is 23.2 Å². The molecule has 4 nitrogen and oxygen atoms in total. The van der Waals surface area contributed by atoms with Crippen LogP contribution in [0.2, 0.25) is 10.0 Å². The molecule has 0 radical (unpaired) electrons. The average Bonchev–Trinajstić information content (AvgIpc) is 2.97. The fourth-order valence-corrected chi connectivity index (χ4v) is 2.91. The summed E-state index contributed by atoms with van der Waals surface area (Å²) in [5.41, 5.74) is 0.723. The molecule has 2 aromatic rings. The number of carbonyl (C=O) groups excluding carboxylic acids is 1. The van der Waals surface area contributed by atoms with Gasteiger partial charge < -0.3 is 10.6 Å². The van der Waals surface area contributed by atoms with Crippen molar-refractivity contribution < 1.29 is 4.79 Å². The predicted molar refractivity (Wildman–Crippen MR) is 77.2 cm³/mol. The molecule has 100 valence electrons. The molecule has 1 aliphatic heterocycles. The highest BCUT2D eigenvalue weighted by Gasteiger charge is 2.18. The van der Waals surface area contributed by atoms with Gasteiger partial charge in [0.25, 0.3) is 0 Å². The molecule has 1 aromatic carbocycles. The Morgan fingerprint density at radius 1 is 1.42 bits per heavy atom. The third-order valence-electron chi connectivity index (χ3n) is 3.33. The first-order chi connectivity index (χ1) is 9.15. The van der Waals surface area contributed by atoms with E-state index in [-0.39, 0.29) is 12.1 Å². The third-order valence-corrected chi connectivity index (χ3v) is 3.86. The highest BCUT2D eigenvalue weighted by Crippen LogP contribution is 2.28. The molecule has 2 heterocycles. The maximum atomic E-state index is 12.2. The van der Waals surface area contributed by atoms with Gasteiger partial charge >= 0.3 is 6.03 Å². The van der Waals surface area contributed by atoms with E-state index in [9.17, 15) is 4.79 Å². The average molecular weight is 298 g/mol. The monoisotopic (exact) mass is 297 g/mol. The van der Waals surface area contributed by atoms with Gasteiger partial charge in [-0.05, 0) is 31.2 Å². The zero-order chi connectivity index (χ0) is 13.4. The summed E-state index contributed by atoms with van der Waals surface area (Å²) in [6.45, 7) is 1.75. The topological polar surface area (TPSA) is 46.1 Å². The van der Waals surface area contributed by atoms with Gasteiger partial charge in [0.2, 0.25) is 0 Å². The molecular formula is C13H13Cl2N3O. The Morgan fingerprint density at radius 3 is 3.00 bits per heavy atom. The highest BCUT2D eigenvalue weighted by molar-refractivity contribution is 6.38. The van der Waals surface area contributed by atoms with Crippen LogP contribution in [0.4, 0.5) is 4.79 Å². The molecule has 1 amide bonds. The summed E-state index contributed by atoms with van der Waals surface area (Å²) in [5.74, 6) is 0. The molecule has 1 aliphatic rings. The number of carbonyl (C=O) groups is 1. The summed E-state index contributed by atoms with van der Waals surface area (Å²) in [5, 5.41) is 8.10. The van der Waals surface area contributed by atoms with Gasteiger partial charge in [0, 0.05) is 29.2 Å². The lowest BCUT2D eigenvalue weighted by molar-refractivity contribution is 0.240. The number of nitrogens with zero attached hydrogens (tertiary/aromatic N) is 1. The smallest absolute Gasteiger partial charge is 0.326 e. The summed E-state index contributed by atoms with van der Waals surface area (Å²) in [7, 11) is 0. The maximum Gasteiger partial charge on any atom is 0.326 e. The van der Waals surface area contributed by atoms with E-state index in [1.165, 1.54) is 0 Å². The van der Waals surface area contributed by atoms with Crippen molar-refractivity contribution in [2.75, 3.05) is 13.1 Å².